The summed E-state index contributed by atoms with van der Waals surface area (Å²) < 4.78 is 40.8. The number of nitrogens with zero attached hydrogens (tertiary/aromatic N) is 1. The van der Waals surface area contributed by atoms with Crippen LogP contribution < -0.4 is 5.32 Å². The predicted octanol–water partition coefficient (Wildman–Crippen LogP) is 3.02. The van der Waals surface area contributed by atoms with Crippen molar-refractivity contribution < 1.29 is 13.2 Å². The molecule has 1 aromatic carbocycles. The van der Waals surface area contributed by atoms with Crippen molar-refractivity contribution >= 4 is 0 Å². The summed E-state index contributed by atoms with van der Waals surface area (Å²) in [5.74, 6) is -2.81. The zero-order valence-electron chi connectivity index (χ0n) is 11.3. The Morgan fingerprint density at radius 2 is 1.95 bits per heavy atom. The van der Waals surface area contributed by atoms with Crippen molar-refractivity contribution in [3.63, 3.8) is 0 Å². The van der Waals surface area contributed by atoms with Crippen LogP contribution in [0.1, 0.15) is 24.4 Å². The number of piperazine rings is 1. The zero-order chi connectivity index (χ0) is 14.5. The SMILES string of the molecule is C=CCC[C@@H](c1cc(F)cc(F)c1F)N1CCNCC1. The molecule has 0 amide bonds. The Bertz CT molecular complexity index is 470. The van der Waals surface area contributed by atoms with Crippen LogP contribution in [0.4, 0.5) is 13.2 Å². The fraction of sp³-hybridized carbons (Fsp3) is 0.467. The van der Waals surface area contributed by atoms with Gasteiger partial charge in [0.25, 0.3) is 0 Å². The topological polar surface area (TPSA) is 15.3 Å². The molecular weight excluding hydrogens is 265 g/mol. The third-order valence-corrected chi connectivity index (χ3v) is 3.62. The molecule has 1 N–H and O–H groups in total. The highest BCUT2D eigenvalue weighted by Gasteiger charge is 2.26. The van der Waals surface area contributed by atoms with Gasteiger partial charge in [-0.1, -0.05) is 6.08 Å². The first-order chi connectivity index (χ1) is 9.63. The maximum Gasteiger partial charge on any atom is 0.163 e. The van der Waals surface area contributed by atoms with Gasteiger partial charge in [0.15, 0.2) is 11.6 Å². The lowest BCUT2D eigenvalue weighted by Gasteiger charge is -2.35. The zero-order valence-corrected chi connectivity index (χ0v) is 11.3. The van der Waals surface area contributed by atoms with Crippen molar-refractivity contribution in [2.24, 2.45) is 0 Å². The van der Waals surface area contributed by atoms with Crippen LogP contribution in [-0.2, 0) is 0 Å². The van der Waals surface area contributed by atoms with Gasteiger partial charge in [-0.05, 0) is 18.9 Å². The van der Waals surface area contributed by atoms with Gasteiger partial charge in [-0.25, -0.2) is 13.2 Å². The average molecular weight is 284 g/mol. The third kappa shape index (κ3) is 3.41. The smallest absolute Gasteiger partial charge is 0.163 e. The van der Waals surface area contributed by atoms with E-state index >= 15 is 0 Å². The first-order valence-corrected chi connectivity index (χ1v) is 6.83. The maximum absolute atomic E-state index is 14.0. The van der Waals surface area contributed by atoms with Gasteiger partial charge in [-0.2, -0.15) is 0 Å². The van der Waals surface area contributed by atoms with Crippen LogP contribution in [-0.4, -0.2) is 31.1 Å². The van der Waals surface area contributed by atoms with E-state index in [9.17, 15) is 13.2 Å². The highest BCUT2D eigenvalue weighted by atomic mass is 19.2. The number of allylic oxidation sites excluding steroid dienone is 1. The minimum atomic E-state index is -1.13. The number of hydrogen-bond acceptors (Lipinski definition) is 2. The van der Waals surface area contributed by atoms with E-state index in [0.29, 0.717) is 18.9 Å². The largest absolute Gasteiger partial charge is 0.314 e. The van der Waals surface area contributed by atoms with Crippen molar-refractivity contribution in [1.82, 2.24) is 10.2 Å². The molecule has 1 atom stereocenters. The molecule has 0 aliphatic carbocycles. The number of rotatable bonds is 5. The summed E-state index contributed by atoms with van der Waals surface area (Å²) >= 11 is 0. The quantitative estimate of drug-likeness (QED) is 0.660. The van der Waals surface area contributed by atoms with Gasteiger partial charge in [0.05, 0.1) is 0 Å². The van der Waals surface area contributed by atoms with Crippen molar-refractivity contribution in [1.29, 1.82) is 0 Å². The molecule has 110 valence electrons. The van der Waals surface area contributed by atoms with Gasteiger partial charge in [-0.15, -0.1) is 6.58 Å². The average Bonchev–Trinajstić information content (AvgIpc) is 2.45. The molecule has 1 aliphatic heterocycles. The number of halogens is 3. The highest BCUT2D eigenvalue weighted by molar-refractivity contribution is 5.24. The molecule has 1 heterocycles. The summed E-state index contributed by atoms with van der Waals surface area (Å²) in [4.78, 5) is 2.07. The number of benzene rings is 1. The number of nitrogens with one attached hydrogen (secondary N) is 1. The van der Waals surface area contributed by atoms with E-state index in [-0.39, 0.29) is 11.6 Å². The summed E-state index contributed by atoms with van der Waals surface area (Å²) in [6.45, 7) is 6.72. The van der Waals surface area contributed by atoms with Crippen LogP contribution in [0.3, 0.4) is 0 Å². The Labute approximate surface area is 117 Å². The molecule has 0 saturated carbocycles. The Morgan fingerprint density at radius 3 is 2.60 bits per heavy atom. The fourth-order valence-corrected chi connectivity index (χ4v) is 2.62. The lowest BCUT2D eigenvalue weighted by atomic mass is 9.98. The van der Waals surface area contributed by atoms with Crippen LogP contribution >= 0.6 is 0 Å². The molecule has 0 bridgehead atoms. The van der Waals surface area contributed by atoms with E-state index in [1.165, 1.54) is 0 Å². The molecule has 1 fully saturated rings. The van der Waals surface area contributed by atoms with Gasteiger partial charge in [0.2, 0.25) is 0 Å². The Kier molecular flexibility index (Phi) is 5.20. The summed E-state index contributed by atoms with van der Waals surface area (Å²) in [5, 5.41) is 3.21. The van der Waals surface area contributed by atoms with Crippen molar-refractivity contribution in [2.45, 2.75) is 18.9 Å². The van der Waals surface area contributed by atoms with E-state index < -0.39 is 17.5 Å². The second kappa shape index (κ2) is 6.90. The molecule has 5 heteroatoms. The fourth-order valence-electron chi connectivity index (χ4n) is 2.62. The Balaban J connectivity index is 2.31. The lowest BCUT2D eigenvalue weighted by molar-refractivity contribution is 0.162. The summed E-state index contributed by atoms with van der Waals surface area (Å²) in [7, 11) is 0. The molecule has 1 saturated heterocycles. The van der Waals surface area contributed by atoms with E-state index in [1.807, 2.05) is 0 Å². The first kappa shape index (κ1) is 15.1. The number of hydrogen-bond donors (Lipinski definition) is 1. The van der Waals surface area contributed by atoms with Crippen LogP contribution in [0.15, 0.2) is 24.8 Å². The molecule has 2 nitrogen and oxygen atoms in total. The van der Waals surface area contributed by atoms with Crippen LogP contribution in [0.2, 0.25) is 0 Å². The highest BCUT2D eigenvalue weighted by Crippen LogP contribution is 2.30. The molecular formula is C15H19F3N2. The van der Waals surface area contributed by atoms with Gasteiger partial charge >= 0.3 is 0 Å². The van der Waals surface area contributed by atoms with Crippen LogP contribution in [0, 0.1) is 17.5 Å². The molecule has 1 aliphatic rings. The lowest BCUT2D eigenvalue weighted by Crippen LogP contribution is -2.45. The van der Waals surface area contributed by atoms with E-state index in [2.05, 4.69) is 16.8 Å². The summed E-state index contributed by atoms with van der Waals surface area (Å²) in [6, 6.07) is 1.37. The second-order valence-corrected chi connectivity index (χ2v) is 4.96. The van der Waals surface area contributed by atoms with Crippen molar-refractivity contribution in [2.75, 3.05) is 26.2 Å². The molecule has 0 spiro atoms. The van der Waals surface area contributed by atoms with Crippen molar-refractivity contribution in [3.05, 3.63) is 47.8 Å². The van der Waals surface area contributed by atoms with E-state index in [0.717, 1.165) is 32.2 Å². The van der Waals surface area contributed by atoms with Gasteiger partial charge < -0.3 is 5.32 Å². The minimum absolute atomic E-state index is 0.103. The van der Waals surface area contributed by atoms with Gasteiger partial charge in [0.1, 0.15) is 5.82 Å². The van der Waals surface area contributed by atoms with Crippen LogP contribution in [0.5, 0.6) is 0 Å². The Hall–Kier alpha value is -1.33. The molecule has 20 heavy (non-hydrogen) atoms. The van der Waals surface area contributed by atoms with Crippen LogP contribution in [0.25, 0.3) is 0 Å². The molecule has 1 aromatic rings. The van der Waals surface area contributed by atoms with E-state index in [4.69, 9.17) is 0 Å². The van der Waals surface area contributed by atoms with Gasteiger partial charge in [-0.3, -0.25) is 4.90 Å². The second-order valence-electron chi connectivity index (χ2n) is 4.96. The minimum Gasteiger partial charge on any atom is -0.314 e. The predicted molar refractivity (Wildman–Crippen MR) is 72.9 cm³/mol. The molecule has 0 unspecified atom stereocenters. The Morgan fingerprint density at radius 1 is 1.25 bits per heavy atom. The molecule has 0 radical (unpaired) electrons. The van der Waals surface area contributed by atoms with Gasteiger partial charge in [0, 0.05) is 43.9 Å². The summed E-state index contributed by atoms with van der Waals surface area (Å²) in [6.07, 6.45) is 3.01. The standard InChI is InChI=1S/C15H19F3N2/c1-2-3-4-14(20-7-5-19-6-8-20)12-9-11(16)10-13(17)15(12)18/h2,9-10,14,19H,1,3-8H2/t14-/m0/s1. The van der Waals surface area contributed by atoms with Crippen molar-refractivity contribution in [3.8, 4) is 0 Å². The third-order valence-electron chi connectivity index (χ3n) is 3.62. The first-order valence-electron chi connectivity index (χ1n) is 6.83. The maximum atomic E-state index is 14.0. The summed E-state index contributed by atoms with van der Waals surface area (Å²) in [5.41, 5.74) is 0.103. The normalized spacial score (nSPS) is 17.9. The van der Waals surface area contributed by atoms with E-state index in [1.54, 1.807) is 6.08 Å². The molecule has 0 aromatic heterocycles. The molecule has 2 rings (SSSR count). The monoisotopic (exact) mass is 284 g/mol.